The summed E-state index contributed by atoms with van der Waals surface area (Å²) in [5, 5.41) is 12.8. The van der Waals surface area contributed by atoms with Crippen molar-refractivity contribution in [3.05, 3.63) is 147 Å². The molecule has 0 unspecified atom stereocenters. The van der Waals surface area contributed by atoms with Crippen LogP contribution >= 0.6 is 0 Å². The highest BCUT2D eigenvalue weighted by molar-refractivity contribution is 6.01. The number of azide groups is 1. The summed E-state index contributed by atoms with van der Waals surface area (Å²) in [6, 6.07) is 27.1. The molecule has 0 aliphatic carbocycles. The van der Waals surface area contributed by atoms with Crippen molar-refractivity contribution in [3.8, 4) is 5.75 Å². The van der Waals surface area contributed by atoms with Gasteiger partial charge in [0, 0.05) is 36.5 Å². The average Bonchev–Trinajstić information content (AvgIpc) is 3.47. The quantitative estimate of drug-likeness (QED) is 0.0529. The maximum atomic E-state index is 14.4. The van der Waals surface area contributed by atoms with Gasteiger partial charge >= 0.3 is 0 Å². The number of carbonyl (C=O) groups excluding carboxylic acids is 1. The molecular formula is C34H32F2N6O4. The van der Waals surface area contributed by atoms with Crippen LogP contribution in [-0.2, 0) is 29.0 Å². The van der Waals surface area contributed by atoms with E-state index in [1.54, 1.807) is 24.3 Å². The van der Waals surface area contributed by atoms with Gasteiger partial charge in [0.05, 0.1) is 13.2 Å². The lowest BCUT2D eigenvalue weighted by Crippen LogP contribution is -2.53. The largest absolute Gasteiger partial charge is 0.494 e. The van der Waals surface area contributed by atoms with E-state index in [1.807, 2.05) is 54.6 Å². The van der Waals surface area contributed by atoms with Crippen molar-refractivity contribution < 1.29 is 28.2 Å². The van der Waals surface area contributed by atoms with Crippen LogP contribution in [0.1, 0.15) is 40.3 Å². The van der Waals surface area contributed by atoms with Crippen molar-refractivity contribution in [2.75, 3.05) is 13.2 Å². The fraction of sp³-hybridized carbons (Fsp3) is 0.235. The molecule has 0 radical (unpaired) electrons. The lowest BCUT2D eigenvalue weighted by Gasteiger charge is -2.31. The number of nitrogens with zero attached hydrogens (tertiary/aromatic N) is 4. The van der Waals surface area contributed by atoms with Crippen molar-refractivity contribution in [2.24, 2.45) is 10.1 Å². The molecule has 0 spiro atoms. The van der Waals surface area contributed by atoms with Crippen LogP contribution in [0.3, 0.4) is 0 Å². The van der Waals surface area contributed by atoms with Crippen molar-refractivity contribution >= 4 is 11.8 Å². The number of benzene rings is 4. The standard InChI is InChI=1S/C34H32F2N6O4/c35-29-16-11-23(19-30(29)36)21-38-41-33(44)34(20-26-9-4-5-10-27(26)22-39-42-37)31(24-7-2-1-3-8-24)46-32(40-34)25-12-14-28(15-13-25)45-18-6-17-43/h1-5,7-16,19,31,38,43H,6,17-18,20-22H2,(H,41,44)/t31-,34-/m0/s1. The van der Waals surface area contributed by atoms with E-state index in [2.05, 4.69) is 20.9 Å². The van der Waals surface area contributed by atoms with Crippen molar-refractivity contribution in [3.63, 3.8) is 0 Å². The molecule has 2 atom stereocenters. The molecule has 4 aromatic rings. The number of hydrogen-bond donors (Lipinski definition) is 3. The summed E-state index contributed by atoms with van der Waals surface area (Å²) in [5.41, 5.74) is 16.2. The fourth-order valence-electron chi connectivity index (χ4n) is 5.18. The maximum absolute atomic E-state index is 14.4. The summed E-state index contributed by atoms with van der Waals surface area (Å²) in [6.07, 6.45) is -0.297. The Labute approximate surface area is 264 Å². The second-order valence-electron chi connectivity index (χ2n) is 10.6. The summed E-state index contributed by atoms with van der Waals surface area (Å²) in [4.78, 5) is 22.2. The average molecular weight is 627 g/mol. The number of ether oxygens (including phenoxy) is 2. The third kappa shape index (κ3) is 7.49. The van der Waals surface area contributed by atoms with Crippen LogP contribution in [0.15, 0.2) is 107 Å². The van der Waals surface area contributed by atoms with Gasteiger partial charge in [-0.2, -0.15) is 0 Å². The Bertz CT molecular complexity index is 1730. The first-order chi connectivity index (χ1) is 22.4. The minimum atomic E-state index is -1.56. The van der Waals surface area contributed by atoms with Gasteiger partial charge < -0.3 is 14.6 Å². The number of carbonyl (C=O) groups is 1. The first kappa shape index (κ1) is 32.1. The summed E-state index contributed by atoms with van der Waals surface area (Å²) < 4.78 is 39.4. The number of hydrogen-bond acceptors (Lipinski definition) is 7. The zero-order valence-electron chi connectivity index (χ0n) is 24.8. The van der Waals surface area contributed by atoms with Crippen molar-refractivity contribution in [2.45, 2.75) is 37.6 Å². The van der Waals surface area contributed by atoms with E-state index in [-0.39, 0.29) is 32.0 Å². The lowest BCUT2D eigenvalue weighted by atomic mass is 9.81. The SMILES string of the molecule is [N-]=[N+]=NCc1ccccc1C[C@]1(C(=O)NNCc2ccc(F)c(F)c2)N=C(c2ccc(OCCCO)cc2)O[C@H]1c1ccccc1. The minimum Gasteiger partial charge on any atom is -0.494 e. The molecule has 4 aromatic carbocycles. The molecule has 3 N–H and O–H groups in total. The molecule has 236 valence electrons. The Balaban J connectivity index is 1.53. The van der Waals surface area contributed by atoms with Crippen LogP contribution in [0.4, 0.5) is 8.78 Å². The first-order valence-electron chi connectivity index (χ1n) is 14.6. The van der Waals surface area contributed by atoms with E-state index < -0.39 is 29.2 Å². The third-order valence-corrected chi connectivity index (χ3v) is 7.49. The van der Waals surface area contributed by atoms with E-state index in [9.17, 15) is 13.6 Å². The van der Waals surface area contributed by atoms with Crippen molar-refractivity contribution in [1.82, 2.24) is 10.9 Å². The predicted octanol–water partition coefficient (Wildman–Crippen LogP) is 5.86. The van der Waals surface area contributed by atoms with Gasteiger partial charge in [-0.1, -0.05) is 65.8 Å². The number of nitrogens with one attached hydrogen (secondary N) is 2. The van der Waals surface area contributed by atoms with E-state index in [4.69, 9.17) is 25.1 Å². The zero-order valence-corrected chi connectivity index (χ0v) is 24.8. The van der Waals surface area contributed by atoms with Crippen molar-refractivity contribution in [1.29, 1.82) is 0 Å². The smallest absolute Gasteiger partial charge is 0.266 e. The molecule has 46 heavy (non-hydrogen) atoms. The number of aliphatic hydroxyl groups is 1. The minimum absolute atomic E-state index is 0.0116. The topological polar surface area (TPSA) is 141 Å². The molecule has 10 nitrogen and oxygen atoms in total. The summed E-state index contributed by atoms with van der Waals surface area (Å²) >= 11 is 0. The van der Waals surface area contributed by atoms with Gasteiger partial charge in [0.25, 0.3) is 5.91 Å². The summed E-state index contributed by atoms with van der Waals surface area (Å²) in [6.45, 7) is 0.469. The number of rotatable bonds is 14. The van der Waals surface area contributed by atoms with E-state index >= 15 is 0 Å². The monoisotopic (exact) mass is 626 g/mol. The Kier molecular flexibility index (Phi) is 10.6. The van der Waals surface area contributed by atoms with Gasteiger partial charge in [0.1, 0.15) is 5.75 Å². The Morgan fingerprint density at radius 3 is 2.46 bits per heavy atom. The number of aliphatic hydroxyl groups excluding tert-OH is 1. The van der Waals surface area contributed by atoms with E-state index in [0.29, 0.717) is 35.5 Å². The molecule has 0 saturated heterocycles. The number of aliphatic imine (C=N–C) groups is 1. The van der Waals surface area contributed by atoms with Crippen LogP contribution in [0, 0.1) is 11.6 Å². The normalized spacial score (nSPS) is 17.0. The molecule has 1 amide bonds. The van der Waals surface area contributed by atoms with Crippen LogP contribution in [-0.4, -0.2) is 35.7 Å². The second-order valence-corrected chi connectivity index (χ2v) is 10.6. The zero-order chi connectivity index (χ0) is 32.4. The van der Waals surface area contributed by atoms with E-state index in [1.165, 1.54) is 6.07 Å². The van der Waals surface area contributed by atoms with E-state index in [0.717, 1.165) is 23.3 Å². The summed E-state index contributed by atoms with van der Waals surface area (Å²) in [7, 11) is 0. The molecule has 0 fully saturated rings. The fourth-order valence-corrected chi connectivity index (χ4v) is 5.18. The van der Waals surface area contributed by atoms with Gasteiger partial charge in [-0.05, 0) is 64.2 Å². The highest BCUT2D eigenvalue weighted by atomic mass is 19.2. The molecule has 1 aliphatic heterocycles. The van der Waals surface area contributed by atoms with Gasteiger partial charge in [0.2, 0.25) is 5.90 Å². The van der Waals surface area contributed by atoms with Gasteiger partial charge in [-0.25, -0.2) is 19.2 Å². The molecule has 1 heterocycles. The molecule has 0 bridgehead atoms. The molecule has 0 saturated carbocycles. The van der Waals surface area contributed by atoms with Crippen LogP contribution in [0.5, 0.6) is 5.75 Å². The molecular weight excluding hydrogens is 594 g/mol. The predicted molar refractivity (Wildman–Crippen MR) is 168 cm³/mol. The Morgan fingerprint density at radius 2 is 1.74 bits per heavy atom. The maximum Gasteiger partial charge on any atom is 0.266 e. The van der Waals surface area contributed by atoms with Gasteiger partial charge in [0.15, 0.2) is 23.3 Å². The molecule has 0 aromatic heterocycles. The number of hydrazine groups is 1. The Hall–Kier alpha value is -5.29. The van der Waals surface area contributed by atoms with Crippen LogP contribution in [0.25, 0.3) is 10.4 Å². The summed E-state index contributed by atoms with van der Waals surface area (Å²) in [5.74, 6) is -1.65. The highest BCUT2D eigenvalue weighted by Gasteiger charge is 2.53. The Morgan fingerprint density at radius 1 is 1.00 bits per heavy atom. The van der Waals surface area contributed by atoms with Gasteiger partial charge in [-0.15, -0.1) is 0 Å². The first-order valence-corrected chi connectivity index (χ1v) is 14.6. The van der Waals surface area contributed by atoms with Crippen LogP contribution < -0.4 is 15.6 Å². The second kappa shape index (κ2) is 15.1. The number of halogens is 2. The number of amides is 1. The highest BCUT2D eigenvalue weighted by Crippen LogP contribution is 2.43. The lowest BCUT2D eigenvalue weighted by molar-refractivity contribution is -0.130. The third-order valence-electron chi connectivity index (χ3n) is 7.49. The molecule has 12 heteroatoms. The molecule has 5 rings (SSSR count). The van der Waals surface area contributed by atoms with Gasteiger partial charge in [-0.3, -0.25) is 10.2 Å². The molecule has 1 aliphatic rings. The van der Waals surface area contributed by atoms with Crippen LogP contribution in [0.2, 0.25) is 0 Å².